The van der Waals surface area contributed by atoms with Crippen LogP contribution in [0.3, 0.4) is 0 Å². The Hall–Kier alpha value is -0.690. The molecule has 2 atom stereocenters. The van der Waals surface area contributed by atoms with Crippen molar-refractivity contribution in [2.45, 2.75) is 31.3 Å². The third-order valence-corrected chi connectivity index (χ3v) is 4.25. The number of hydrogen-bond acceptors (Lipinski definition) is 5. The van der Waals surface area contributed by atoms with E-state index in [9.17, 15) is 4.79 Å². The third kappa shape index (κ3) is 3.89. The topological polar surface area (TPSA) is 79.0 Å². The molecule has 0 spiro atoms. The third-order valence-electron chi connectivity index (χ3n) is 4.25. The van der Waals surface area contributed by atoms with Gasteiger partial charge in [-0.3, -0.25) is 9.69 Å². The average Bonchev–Trinajstić information content (AvgIpc) is 2.86. The van der Waals surface area contributed by atoms with Crippen LogP contribution in [0.1, 0.15) is 19.8 Å². The largest absolute Gasteiger partial charge is 0.480 e. The molecule has 2 fully saturated rings. The van der Waals surface area contributed by atoms with Gasteiger partial charge in [-0.1, -0.05) is 0 Å². The number of likely N-dealkylation sites (tertiary alicyclic amines) is 1. The Morgan fingerprint density at radius 1 is 1.42 bits per heavy atom. The fourth-order valence-electron chi connectivity index (χ4n) is 2.75. The van der Waals surface area contributed by atoms with Crippen molar-refractivity contribution in [2.24, 2.45) is 5.73 Å². The van der Waals surface area contributed by atoms with Crippen molar-refractivity contribution < 1.29 is 14.6 Å². The summed E-state index contributed by atoms with van der Waals surface area (Å²) in [6, 6.07) is 0.595. The van der Waals surface area contributed by atoms with Gasteiger partial charge in [0.15, 0.2) is 0 Å². The standard InChI is InChI=1S/C13H25N3O3/c1-13(14,12(17)18)3-5-15-4-2-11(10-15)16-6-8-19-9-7-16/h11H,2-10,14H2,1H3,(H,17,18). The summed E-state index contributed by atoms with van der Waals surface area (Å²) < 4.78 is 5.37. The zero-order valence-electron chi connectivity index (χ0n) is 11.7. The van der Waals surface area contributed by atoms with E-state index in [0.29, 0.717) is 12.5 Å². The summed E-state index contributed by atoms with van der Waals surface area (Å²) in [7, 11) is 0. The molecule has 2 unspecified atom stereocenters. The summed E-state index contributed by atoms with van der Waals surface area (Å²) in [4.78, 5) is 15.8. The number of aliphatic carboxylic acids is 1. The molecule has 0 aromatic heterocycles. The lowest BCUT2D eigenvalue weighted by Gasteiger charge is -2.32. The predicted molar refractivity (Wildman–Crippen MR) is 72.1 cm³/mol. The SMILES string of the molecule is CC(N)(CCN1CCC(N2CCOCC2)C1)C(=O)O. The molecule has 0 radical (unpaired) electrons. The molecule has 2 rings (SSSR count). The van der Waals surface area contributed by atoms with Crippen LogP contribution in [0.25, 0.3) is 0 Å². The summed E-state index contributed by atoms with van der Waals surface area (Å²) in [6.45, 7) is 8.11. The van der Waals surface area contributed by atoms with Crippen LogP contribution in [0.4, 0.5) is 0 Å². The number of rotatable bonds is 5. The molecule has 2 saturated heterocycles. The molecule has 2 heterocycles. The van der Waals surface area contributed by atoms with Gasteiger partial charge in [0.1, 0.15) is 5.54 Å². The molecule has 6 heteroatoms. The second-order valence-corrected chi connectivity index (χ2v) is 5.86. The van der Waals surface area contributed by atoms with E-state index in [2.05, 4.69) is 9.80 Å². The minimum atomic E-state index is -1.11. The van der Waals surface area contributed by atoms with Gasteiger partial charge in [0.25, 0.3) is 0 Å². The number of hydrogen-bond donors (Lipinski definition) is 2. The second kappa shape index (κ2) is 6.17. The van der Waals surface area contributed by atoms with E-state index >= 15 is 0 Å². The highest BCUT2D eigenvalue weighted by molar-refractivity contribution is 5.77. The van der Waals surface area contributed by atoms with Crippen LogP contribution in [-0.4, -0.2) is 78.4 Å². The molecule has 2 aliphatic heterocycles. The quantitative estimate of drug-likeness (QED) is 0.707. The maximum absolute atomic E-state index is 11.0. The van der Waals surface area contributed by atoms with E-state index in [-0.39, 0.29) is 0 Å². The zero-order valence-corrected chi connectivity index (χ0v) is 11.7. The number of nitrogens with two attached hydrogens (primary N) is 1. The highest BCUT2D eigenvalue weighted by Gasteiger charge is 2.32. The Kier molecular flexibility index (Phi) is 4.78. The molecule has 110 valence electrons. The van der Waals surface area contributed by atoms with E-state index in [1.54, 1.807) is 6.92 Å². The van der Waals surface area contributed by atoms with Crippen LogP contribution in [0.2, 0.25) is 0 Å². The molecular weight excluding hydrogens is 246 g/mol. The van der Waals surface area contributed by atoms with Crippen molar-refractivity contribution in [2.75, 3.05) is 45.9 Å². The smallest absolute Gasteiger partial charge is 0.323 e. The van der Waals surface area contributed by atoms with Gasteiger partial charge in [-0.25, -0.2) is 0 Å². The van der Waals surface area contributed by atoms with Gasteiger partial charge in [0, 0.05) is 32.2 Å². The number of morpholine rings is 1. The summed E-state index contributed by atoms with van der Waals surface area (Å²) in [5.74, 6) is -0.920. The number of carboxylic acid groups (broad SMARTS) is 1. The van der Waals surface area contributed by atoms with E-state index in [0.717, 1.165) is 52.4 Å². The first-order valence-corrected chi connectivity index (χ1v) is 7.05. The first kappa shape index (κ1) is 14.7. The van der Waals surface area contributed by atoms with Gasteiger partial charge in [-0.05, 0) is 26.3 Å². The Labute approximate surface area is 114 Å². The fourth-order valence-corrected chi connectivity index (χ4v) is 2.75. The molecule has 0 aromatic rings. The number of nitrogens with zero attached hydrogens (tertiary/aromatic N) is 2. The van der Waals surface area contributed by atoms with Crippen LogP contribution in [0.5, 0.6) is 0 Å². The van der Waals surface area contributed by atoms with Gasteiger partial charge < -0.3 is 20.5 Å². The van der Waals surface area contributed by atoms with E-state index in [4.69, 9.17) is 15.6 Å². The van der Waals surface area contributed by atoms with Crippen molar-refractivity contribution in [1.82, 2.24) is 9.80 Å². The van der Waals surface area contributed by atoms with Gasteiger partial charge in [0.05, 0.1) is 13.2 Å². The maximum Gasteiger partial charge on any atom is 0.323 e. The highest BCUT2D eigenvalue weighted by atomic mass is 16.5. The van der Waals surface area contributed by atoms with Crippen LogP contribution < -0.4 is 5.73 Å². The Bertz CT molecular complexity index is 316. The number of carbonyl (C=O) groups is 1. The van der Waals surface area contributed by atoms with Crippen molar-refractivity contribution in [3.8, 4) is 0 Å². The fraction of sp³-hybridized carbons (Fsp3) is 0.923. The molecule has 0 aliphatic carbocycles. The maximum atomic E-state index is 11.0. The molecule has 0 saturated carbocycles. The van der Waals surface area contributed by atoms with Crippen molar-refractivity contribution >= 4 is 5.97 Å². The van der Waals surface area contributed by atoms with Gasteiger partial charge in [-0.2, -0.15) is 0 Å². The zero-order chi connectivity index (χ0) is 13.9. The molecule has 2 aliphatic rings. The van der Waals surface area contributed by atoms with Gasteiger partial charge in [0.2, 0.25) is 0 Å². The Morgan fingerprint density at radius 2 is 2.11 bits per heavy atom. The number of ether oxygens (including phenoxy) is 1. The van der Waals surface area contributed by atoms with Crippen molar-refractivity contribution in [3.05, 3.63) is 0 Å². The lowest BCUT2D eigenvalue weighted by atomic mass is 9.99. The molecule has 19 heavy (non-hydrogen) atoms. The first-order chi connectivity index (χ1) is 8.99. The molecular formula is C13H25N3O3. The van der Waals surface area contributed by atoms with E-state index < -0.39 is 11.5 Å². The normalized spacial score (nSPS) is 29.3. The Balaban J connectivity index is 1.74. The highest BCUT2D eigenvalue weighted by Crippen LogP contribution is 2.18. The molecule has 6 nitrogen and oxygen atoms in total. The predicted octanol–water partition coefficient (Wildman–Crippen LogP) is -0.415. The van der Waals surface area contributed by atoms with Gasteiger partial charge >= 0.3 is 5.97 Å². The van der Waals surface area contributed by atoms with E-state index in [1.807, 2.05) is 0 Å². The van der Waals surface area contributed by atoms with Crippen LogP contribution in [-0.2, 0) is 9.53 Å². The van der Waals surface area contributed by atoms with Crippen molar-refractivity contribution in [3.63, 3.8) is 0 Å². The summed E-state index contributed by atoms with van der Waals surface area (Å²) >= 11 is 0. The minimum absolute atomic E-state index is 0.498. The summed E-state index contributed by atoms with van der Waals surface area (Å²) in [6.07, 6.45) is 1.66. The van der Waals surface area contributed by atoms with Crippen LogP contribution >= 0.6 is 0 Å². The lowest BCUT2D eigenvalue weighted by molar-refractivity contribution is -0.143. The minimum Gasteiger partial charge on any atom is -0.480 e. The van der Waals surface area contributed by atoms with Crippen molar-refractivity contribution in [1.29, 1.82) is 0 Å². The van der Waals surface area contributed by atoms with Crippen LogP contribution in [0, 0.1) is 0 Å². The van der Waals surface area contributed by atoms with Gasteiger partial charge in [-0.15, -0.1) is 0 Å². The summed E-state index contributed by atoms with van der Waals surface area (Å²) in [5, 5.41) is 9.01. The average molecular weight is 271 g/mol. The first-order valence-electron chi connectivity index (χ1n) is 7.05. The molecule has 0 bridgehead atoms. The Morgan fingerprint density at radius 3 is 2.74 bits per heavy atom. The lowest BCUT2D eigenvalue weighted by Crippen LogP contribution is -2.48. The van der Waals surface area contributed by atoms with E-state index in [1.165, 1.54) is 0 Å². The molecule has 0 amide bonds. The molecule has 3 N–H and O–H groups in total. The second-order valence-electron chi connectivity index (χ2n) is 5.86. The molecule has 0 aromatic carbocycles. The van der Waals surface area contributed by atoms with Crippen LogP contribution in [0.15, 0.2) is 0 Å². The summed E-state index contributed by atoms with van der Waals surface area (Å²) in [5.41, 5.74) is 4.65. The number of carboxylic acids is 1. The monoisotopic (exact) mass is 271 g/mol.